The van der Waals surface area contributed by atoms with E-state index in [4.69, 9.17) is 4.74 Å². The van der Waals surface area contributed by atoms with Crippen LogP contribution in [0.3, 0.4) is 0 Å². The molecule has 0 bridgehead atoms. The van der Waals surface area contributed by atoms with Gasteiger partial charge in [-0.25, -0.2) is 0 Å². The Kier molecular flexibility index (Phi) is 8.23. The third-order valence-electron chi connectivity index (χ3n) is 5.64. The smallest absolute Gasteiger partial charge is 0.224 e. The predicted molar refractivity (Wildman–Crippen MR) is 126 cm³/mol. The molecule has 1 aliphatic rings. The fourth-order valence-corrected chi connectivity index (χ4v) is 3.76. The molecule has 1 aliphatic heterocycles. The molecule has 9 nitrogen and oxygen atoms in total. The van der Waals surface area contributed by atoms with E-state index in [2.05, 4.69) is 10.3 Å². The number of phenols is 1. The van der Waals surface area contributed by atoms with Gasteiger partial charge in [-0.1, -0.05) is 0 Å². The molecule has 2 heterocycles. The van der Waals surface area contributed by atoms with Crippen LogP contribution in [0.4, 0.5) is 11.4 Å². The number of aldehydes is 1. The number of aryl methyl sites for hydroxylation is 2. The molecule has 2 aromatic rings. The van der Waals surface area contributed by atoms with E-state index in [1.54, 1.807) is 47.1 Å². The van der Waals surface area contributed by atoms with Crippen molar-refractivity contribution in [3.63, 3.8) is 0 Å². The topological polar surface area (TPSA) is 113 Å². The lowest BCUT2D eigenvalue weighted by atomic mass is 10.0. The molecule has 0 saturated carbocycles. The number of carbonyl (C=O) groups is 3. The Morgan fingerprint density at radius 3 is 2.85 bits per heavy atom. The lowest BCUT2D eigenvalue weighted by molar-refractivity contribution is -0.120. The van der Waals surface area contributed by atoms with Gasteiger partial charge in [-0.2, -0.15) is 0 Å². The van der Waals surface area contributed by atoms with E-state index < -0.39 is 0 Å². The van der Waals surface area contributed by atoms with Crippen molar-refractivity contribution in [2.24, 2.45) is 12.0 Å². The quantitative estimate of drug-likeness (QED) is 0.325. The number of nitrogens with one attached hydrogen (secondary N) is 1. The molecule has 0 aliphatic carbocycles. The lowest BCUT2D eigenvalue weighted by Crippen LogP contribution is -2.39. The number of aromatic nitrogens is 1. The number of likely N-dealkylation sites (tertiary alicyclic amines) is 1. The Morgan fingerprint density at radius 2 is 2.12 bits per heavy atom. The summed E-state index contributed by atoms with van der Waals surface area (Å²) in [5.41, 5.74) is 2.49. The maximum absolute atomic E-state index is 12.1. The fraction of sp³-hybridized carbons (Fsp3) is 0.417. The molecule has 1 aromatic carbocycles. The summed E-state index contributed by atoms with van der Waals surface area (Å²) in [6.45, 7) is 2.82. The predicted octanol–water partition coefficient (Wildman–Crippen LogP) is 3.36. The van der Waals surface area contributed by atoms with Crippen LogP contribution in [0.15, 0.2) is 29.4 Å². The van der Waals surface area contributed by atoms with Gasteiger partial charge in [0.15, 0.2) is 17.8 Å². The number of benzene rings is 1. The Bertz CT molecular complexity index is 1030. The monoisotopic (exact) mass is 454 g/mol. The summed E-state index contributed by atoms with van der Waals surface area (Å²) >= 11 is 0. The summed E-state index contributed by atoms with van der Waals surface area (Å²) in [6.07, 6.45) is 8.65. The number of hydrogen-bond donors (Lipinski definition) is 2. The number of anilines is 1. The van der Waals surface area contributed by atoms with Crippen molar-refractivity contribution in [2.75, 3.05) is 18.5 Å². The fourth-order valence-electron chi connectivity index (χ4n) is 3.76. The summed E-state index contributed by atoms with van der Waals surface area (Å²) in [4.78, 5) is 40.6. The summed E-state index contributed by atoms with van der Waals surface area (Å²) in [5.74, 6) is 0.115. The maximum Gasteiger partial charge on any atom is 0.224 e. The van der Waals surface area contributed by atoms with Crippen molar-refractivity contribution in [2.45, 2.75) is 45.1 Å². The highest BCUT2D eigenvalue weighted by Crippen LogP contribution is 2.34. The number of phenolic OH excluding ortho intramolecular Hbond substituents is 1. The molecule has 2 N–H and O–H groups in total. The normalized spacial score (nSPS) is 16.1. The average molecular weight is 455 g/mol. The molecule has 1 unspecified atom stereocenters. The van der Waals surface area contributed by atoms with E-state index in [1.165, 1.54) is 0 Å². The Hall–Kier alpha value is -3.62. The summed E-state index contributed by atoms with van der Waals surface area (Å²) in [5, 5.41) is 13.0. The molecule has 1 fully saturated rings. The van der Waals surface area contributed by atoms with Crippen molar-refractivity contribution in [3.05, 3.63) is 35.7 Å². The largest absolute Gasteiger partial charge is 0.504 e. The number of rotatable bonds is 10. The summed E-state index contributed by atoms with van der Waals surface area (Å²) in [7, 11) is 1.73. The van der Waals surface area contributed by atoms with Crippen LogP contribution in [0.1, 0.15) is 48.2 Å². The van der Waals surface area contributed by atoms with Crippen LogP contribution in [-0.4, -0.2) is 58.6 Å². The minimum atomic E-state index is -0.188. The molecule has 0 spiro atoms. The highest BCUT2D eigenvalue weighted by Gasteiger charge is 2.19. The number of piperidine rings is 1. The van der Waals surface area contributed by atoms with Gasteiger partial charge in [-0.3, -0.25) is 19.4 Å². The second kappa shape index (κ2) is 11.3. The third-order valence-corrected chi connectivity index (χ3v) is 5.64. The van der Waals surface area contributed by atoms with Crippen LogP contribution in [0.5, 0.6) is 11.5 Å². The number of amides is 2. The second-order valence-corrected chi connectivity index (χ2v) is 8.17. The zero-order valence-corrected chi connectivity index (χ0v) is 19.0. The zero-order valence-electron chi connectivity index (χ0n) is 19.0. The maximum atomic E-state index is 12.1. The minimum Gasteiger partial charge on any atom is -0.504 e. The molecule has 1 atom stereocenters. The molecule has 33 heavy (non-hydrogen) atoms. The average Bonchev–Trinajstić information content (AvgIpc) is 3.16. The van der Waals surface area contributed by atoms with Gasteiger partial charge in [0.1, 0.15) is 0 Å². The van der Waals surface area contributed by atoms with E-state index in [0.717, 1.165) is 44.1 Å². The van der Waals surface area contributed by atoms with Gasteiger partial charge >= 0.3 is 0 Å². The minimum absolute atomic E-state index is 0.00811. The SMILES string of the molecule is Cc1cc(O)c(OCCCC(=O)Nc2cc(C=O)n(C)c2)cc1N=CC1CCCCN1C=O. The van der Waals surface area contributed by atoms with Crippen LogP contribution in [0, 0.1) is 6.92 Å². The van der Waals surface area contributed by atoms with E-state index in [9.17, 15) is 19.5 Å². The lowest BCUT2D eigenvalue weighted by Gasteiger charge is -2.29. The molecule has 1 aromatic heterocycles. The van der Waals surface area contributed by atoms with Crippen LogP contribution >= 0.6 is 0 Å². The molecule has 1 saturated heterocycles. The van der Waals surface area contributed by atoms with E-state index in [-0.39, 0.29) is 30.7 Å². The highest BCUT2D eigenvalue weighted by molar-refractivity contribution is 5.91. The van der Waals surface area contributed by atoms with E-state index >= 15 is 0 Å². The Balaban J connectivity index is 1.53. The number of ether oxygens (including phenoxy) is 1. The highest BCUT2D eigenvalue weighted by atomic mass is 16.5. The van der Waals surface area contributed by atoms with Gasteiger partial charge in [0.05, 0.1) is 29.7 Å². The van der Waals surface area contributed by atoms with Crippen LogP contribution in [0.25, 0.3) is 0 Å². The molecule has 176 valence electrons. The number of carbonyl (C=O) groups excluding carboxylic acids is 3. The standard InChI is InChI=1S/C24H30N4O5/c1-17-10-22(31)23(12-21(17)25-13-19-6-3-4-8-28(19)16-30)33-9-5-7-24(32)26-18-11-20(15-29)27(2)14-18/h10-16,19,31H,3-9H2,1-2H3,(H,26,32). The van der Waals surface area contributed by atoms with E-state index in [0.29, 0.717) is 29.2 Å². The Labute approximate surface area is 193 Å². The molecule has 2 amide bonds. The first-order valence-electron chi connectivity index (χ1n) is 11.0. The summed E-state index contributed by atoms with van der Waals surface area (Å²) in [6, 6.07) is 4.84. The van der Waals surface area contributed by atoms with Gasteiger partial charge in [-0.05, 0) is 50.3 Å². The van der Waals surface area contributed by atoms with Crippen molar-refractivity contribution in [1.29, 1.82) is 0 Å². The van der Waals surface area contributed by atoms with Gasteiger partial charge in [0.2, 0.25) is 12.3 Å². The number of hydrogen-bond acceptors (Lipinski definition) is 6. The molecular formula is C24H30N4O5. The van der Waals surface area contributed by atoms with Crippen molar-refractivity contribution in [3.8, 4) is 11.5 Å². The van der Waals surface area contributed by atoms with Gasteiger partial charge in [0, 0.05) is 38.5 Å². The van der Waals surface area contributed by atoms with Crippen LogP contribution in [0.2, 0.25) is 0 Å². The van der Waals surface area contributed by atoms with Crippen molar-refractivity contribution in [1.82, 2.24) is 9.47 Å². The van der Waals surface area contributed by atoms with Gasteiger partial charge in [-0.15, -0.1) is 0 Å². The molecule has 3 rings (SSSR count). The first-order chi connectivity index (χ1) is 15.9. The van der Waals surface area contributed by atoms with Gasteiger partial charge in [0.25, 0.3) is 0 Å². The number of aliphatic imine (C=N–C) groups is 1. The van der Waals surface area contributed by atoms with Gasteiger partial charge < -0.3 is 24.6 Å². The number of nitrogens with zero attached hydrogens (tertiary/aromatic N) is 3. The molecule has 9 heteroatoms. The molecule has 0 radical (unpaired) electrons. The second-order valence-electron chi connectivity index (χ2n) is 8.17. The first-order valence-corrected chi connectivity index (χ1v) is 11.0. The zero-order chi connectivity index (χ0) is 23.8. The van der Waals surface area contributed by atoms with Crippen molar-refractivity contribution < 1.29 is 24.2 Å². The first kappa shape index (κ1) is 24.0. The summed E-state index contributed by atoms with van der Waals surface area (Å²) < 4.78 is 7.32. The van der Waals surface area contributed by atoms with Crippen molar-refractivity contribution >= 4 is 36.2 Å². The van der Waals surface area contributed by atoms with Crippen LogP contribution < -0.4 is 10.1 Å². The van der Waals surface area contributed by atoms with Crippen LogP contribution in [-0.2, 0) is 16.6 Å². The number of aromatic hydroxyl groups is 1. The molecular weight excluding hydrogens is 424 g/mol. The Morgan fingerprint density at radius 1 is 1.30 bits per heavy atom. The third kappa shape index (κ3) is 6.44. The van der Waals surface area contributed by atoms with E-state index in [1.807, 2.05) is 6.92 Å².